The molecule has 0 spiro atoms. The molecule has 11 heteroatoms. The molecule has 3 aromatic rings. The zero-order valence-corrected chi connectivity index (χ0v) is 18.4. The van der Waals surface area contributed by atoms with E-state index in [9.17, 15) is 14.4 Å². The summed E-state index contributed by atoms with van der Waals surface area (Å²) >= 11 is 0. The third-order valence-corrected chi connectivity index (χ3v) is 4.77. The Morgan fingerprint density at radius 2 is 1.91 bits per heavy atom. The van der Waals surface area contributed by atoms with Gasteiger partial charge in [-0.15, -0.1) is 0 Å². The van der Waals surface area contributed by atoms with Crippen LogP contribution in [0.15, 0.2) is 47.5 Å². The van der Waals surface area contributed by atoms with E-state index in [2.05, 4.69) is 25.8 Å². The number of hydrogen-bond donors (Lipinski definition) is 4. The Labute approximate surface area is 189 Å². The highest BCUT2D eigenvalue weighted by Gasteiger charge is 2.11. The predicted octanol–water partition coefficient (Wildman–Crippen LogP) is 0.692. The Morgan fingerprint density at radius 1 is 1.15 bits per heavy atom. The number of carboxylic acid groups (broad SMARTS) is 1. The summed E-state index contributed by atoms with van der Waals surface area (Å²) in [6.07, 6.45) is 4.21. The lowest BCUT2D eigenvalue weighted by atomic mass is 10.2. The van der Waals surface area contributed by atoms with Crippen molar-refractivity contribution in [1.29, 1.82) is 0 Å². The van der Waals surface area contributed by atoms with E-state index in [0.29, 0.717) is 36.5 Å². The molecule has 0 radical (unpaired) electrons. The van der Waals surface area contributed by atoms with Crippen molar-refractivity contribution in [1.82, 2.24) is 30.4 Å². The van der Waals surface area contributed by atoms with Crippen molar-refractivity contribution in [2.45, 2.75) is 32.9 Å². The number of hydrogen-bond acceptors (Lipinski definition) is 6. The molecule has 0 fully saturated rings. The van der Waals surface area contributed by atoms with E-state index in [4.69, 9.17) is 9.90 Å². The lowest BCUT2D eigenvalue weighted by molar-refractivity contribution is -0.123. The molecular formula is C22H26N6O5. The fourth-order valence-corrected chi connectivity index (χ4v) is 2.89. The average molecular weight is 454 g/mol. The number of pyridine rings is 1. The van der Waals surface area contributed by atoms with Gasteiger partial charge < -0.3 is 20.3 Å². The van der Waals surface area contributed by atoms with Gasteiger partial charge in [0.05, 0.1) is 23.5 Å². The highest BCUT2D eigenvalue weighted by molar-refractivity contribution is 5.95. The third kappa shape index (κ3) is 8.05. The van der Waals surface area contributed by atoms with Crippen molar-refractivity contribution < 1.29 is 19.5 Å². The number of aryl methyl sites for hydroxylation is 2. The number of aromatic nitrogens is 4. The lowest BCUT2D eigenvalue weighted by Crippen LogP contribution is -2.25. The summed E-state index contributed by atoms with van der Waals surface area (Å²) in [5.74, 6) is -0.265. The van der Waals surface area contributed by atoms with Gasteiger partial charge in [-0.25, -0.2) is 5.10 Å². The molecule has 0 aromatic carbocycles. The normalized spacial score (nSPS) is 10.0. The molecule has 0 atom stereocenters. The molecule has 4 N–H and O–H groups in total. The Bertz CT molecular complexity index is 1130. The number of amides is 2. The van der Waals surface area contributed by atoms with Gasteiger partial charge in [0.2, 0.25) is 5.91 Å². The molecule has 33 heavy (non-hydrogen) atoms. The number of nitrogens with one attached hydrogen (secondary N) is 3. The van der Waals surface area contributed by atoms with Gasteiger partial charge in [-0.2, -0.15) is 5.10 Å². The standard InChI is InChI=1S/C21H24N6O3.CH2O2/c1-14-18(8-10-27(14)2)21(30)24-13-17-11-15(7-9-22-17)12-23-19(28)5-3-16-4-6-20(29)26-25-16;2-1-3/h4,6-11H,3,5,12-13H2,1-2H3,(H,23,28)(H,24,30)(H,26,29);1H,(H,2,3). The van der Waals surface area contributed by atoms with E-state index in [-0.39, 0.29) is 30.3 Å². The summed E-state index contributed by atoms with van der Waals surface area (Å²) in [5.41, 5.74) is 3.51. The van der Waals surface area contributed by atoms with Crippen LogP contribution in [0.25, 0.3) is 0 Å². The van der Waals surface area contributed by atoms with E-state index in [1.54, 1.807) is 18.3 Å². The predicted molar refractivity (Wildman–Crippen MR) is 119 cm³/mol. The topological polar surface area (TPSA) is 159 Å². The van der Waals surface area contributed by atoms with Gasteiger partial charge >= 0.3 is 0 Å². The first kappa shape index (κ1) is 25.0. The molecule has 0 bridgehead atoms. The fourth-order valence-electron chi connectivity index (χ4n) is 2.89. The van der Waals surface area contributed by atoms with Crippen molar-refractivity contribution in [3.8, 4) is 0 Å². The van der Waals surface area contributed by atoms with Crippen molar-refractivity contribution in [2.75, 3.05) is 0 Å². The van der Waals surface area contributed by atoms with E-state index in [1.807, 2.05) is 36.9 Å². The maximum absolute atomic E-state index is 12.3. The van der Waals surface area contributed by atoms with E-state index in [0.717, 1.165) is 11.3 Å². The molecule has 2 amide bonds. The van der Waals surface area contributed by atoms with Crippen LogP contribution in [0.1, 0.15) is 39.4 Å². The number of carbonyl (C=O) groups is 3. The van der Waals surface area contributed by atoms with Gasteiger partial charge in [-0.05, 0) is 36.8 Å². The van der Waals surface area contributed by atoms with Crippen LogP contribution in [0.2, 0.25) is 0 Å². The fraction of sp³-hybridized carbons (Fsp3) is 0.273. The summed E-state index contributed by atoms with van der Waals surface area (Å²) in [7, 11) is 1.89. The van der Waals surface area contributed by atoms with Crippen molar-refractivity contribution in [3.63, 3.8) is 0 Å². The largest absolute Gasteiger partial charge is 0.483 e. The van der Waals surface area contributed by atoms with Crippen molar-refractivity contribution in [2.24, 2.45) is 7.05 Å². The van der Waals surface area contributed by atoms with Crippen LogP contribution < -0.4 is 16.2 Å². The van der Waals surface area contributed by atoms with Gasteiger partial charge in [-0.3, -0.25) is 24.2 Å². The number of nitrogens with zero attached hydrogens (tertiary/aromatic N) is 3. The molecule has 0 aliphatic rings. The van der Waals surface area contributed by atoms with Gasteiger partial charge in [0, 0.05) is 50.6 Å². The smallest absolute Gasteiger partial charge is 0.290 e. The van der Waals surface area contributed by atoms with Crippen LogP contribution in [-0.2, 0) is 36.1 Å². The molecule has 0 unspecified atom stereocenters. The van der Waals surface area contributed by atoms with Crippen LogP contribution in [0.5, 0.6) is 0 Å². The molecular weight excluding hydrogens is 428 g/mol. The minimum atomic E-state index is -0.271. The van der Waals surface area contributed by atoms with Gasteiger partial charge in [0.25, 0.3) is 17.9 Å². The molecule has 174 valence electrons. The lowest BCUT2D eigenvalue weighted by Gasteiger charge is -2.08. The molecule has 0 saturated carbocycles. The summed E-state index contributed by atoms with van der Waals surface area (Å²) in [5, 5.41) is 18.8. The summed E-state index contributed by atoms with van der Waals surface area (Å²) in [6, 6.07) is 8.44. The number of H-pyrrole nitrogens is 1. The summed E-state index contributed by atoms with van der Waals surface area (Å²) in [4.78, 5) is 48.0. The highest BCUT2D eigenvalue weighted by Crippen LogP contribution is 2.09. The van der Waals surface area contributed by atoms with Crippen LogP contribution in [0.4, 0.5) is 0 Å². The molecule has 0 aliphatic carbocycles. The summed E-state index contributed by atoms with van der Waals surface area (Å²) in [6.45, 7) is 2.30. The molecule has 3 aromatic heterocycles. The van der Waals surface area contributed by atoms with E-state index in [1.165, 1.54) is 6.07 Å². The second kappa shape index (κ2) is 12.5. The maximum atomic E-state index is 12.3. The van der Waals surface area contributed by atoms with Crippen LogP contribution in [-0.4, -0.2) is 43.1 Å². The quantitative estimate of drug-likeness (QED) is 0.364. The number of aromatic amines is 1. The van der Waals surface area contributed by atoms with Crippen molar-refractivity contribution in [3.05, 3.63) is 81.3 Å². The first-order valence-corrected chi connectivity index (χ1v) is 10.1. The molecule has 0 aliphatic heterocycles. The van der Waals surface area contributed by atoms with E-state index < -0.39 is 0 Å². The van der Waals surface area contributed by atoms with Gasteiger partial charge in [0.15, 0.2) is 0 Å². The van der Waals surface area contributed by atoms with Gasteiger partial charge in [-0.1, -0.05) is 0 Å². The first-order chi connectivity index (χ1) is 15.8. The van der Waals surface area contributed by atoms with Gasteiger partial charge in [0.1, 0.15) is 0 Å². The third-order valence-electron chi connectivity index (χ3n) is 4.77. The molecule has 0 saturated heterocycles. The number of rotatable bonds is 8. The minimum Gasteiger partial charge on any atom is -0.483 e. The summed E-state index contributed by atoms with van der Waals surface area (Å²) < 4.78 is 1.89. The Kier molecular flexibility index (Phi) is 9.50. The Balaban J connectivity index is 0.00000122. The van der Waals surface area contributed by atoms with Crippen LogP contribution in [0, 0.1) is 6.92 Å². The molecule has 3 heterocycles. The Hall–Kier alpha value is -4.28. The zero-order valence-electron chi connectivity index (χ0n) is 18.4. The zero-order chi connectivity index (χ0) is 24.2. The van der Waals surface area contributed by atoms with Crippen LogP contribution in [0.3, 0.4) is 0 Å². The molecule has 3 rings (SSSR count). The first-order valence-electron chi connectivity index (χ1n) is 10.1. The minimum absolute atomic E-state index is 0.116. The monoisotopic (exact) mass is 454 g/mol. The second-order valence-electron chi connectivity index (χ2n) is 7.06. The van der Waals surface area contributed by atoms with Crippen molar-refractivity contribution >= 4 is 18.3 Å². The maximum Gasteiger partial charge on any atom is 0.290 e. The molecule has 11 nitrogen and oxygen atoms in total. The highest BCUT2D eigenvalue weighted by atomic mass is 16.3. The number of carbonyl (C=O) groups excluding carboxylic acids is 2. The average Bonchev–Trinajstić information content (AvgIpc) is 3.15. The van der Waals surface area contributed by atoms with E-state index >= 15 is 0 Å². The second-order valence-corrected chi connectivity index (χ2v) is 7.06. The SMILES string of the molecule is Cc1c(C(=O)NCc2cc(CNC(=O)CCc3ccc(=O)[nH]n3)ccn2)ccn1C.O=CO. The Morgan fingerprint density at radius 3 is 2.55 bits per heavy atom. The van der Waals surface area contributed by atoms with Crippen LogP contribution >= 0.6 is 0 Å².